The number of rotatable bonds is 3. The van der Waals surface area contributed by atoms with Gasteiger partial charge in [-0.1, -0.05) is 22.0 Å². The minimum Gasteiger partial charge on any atom is -0.463 e. The molecule has 1 aromatic carbocycles. The van der Waals surface area contributed by atoms with E-state index >= 15 is 0 Å². The summed E-state index contributed by atoms with van der Waals surface area (Å²) < 4.78 is 6.19. The molecule has 0 unspecified atom stereocenters. The predicted molar refractivity (Wildman–Crippen MR) is 68.8 cm³/mol. The van der Waals surface area contributed by atoms with Gasteiger partial charge in [-0.2, -0.15) is 0 Å². The zero-order valence-electron chi connectivity index (χ0n) is 9.06. The molecule has 1 heterocycles. The van der Waals surface area contributed by atoms with E-state index in [-0.39, 0.29) is 6.04 Å². The molecule has 1 aliphatic heterocycles. The SMILES string of the molecule is CN(C[C@H]1COC(N)=N1)c1cccc(Br)c1. The molecule has 1 aliphatic rings. The van der Waals surface area contributed by atoms with Gasteiger partial charge in [0.25, 0.3) is 6.02 Å². The summed E-state index contributed by atoms with van der Waals surface area (Å²) in [5, 5.41) is 0. The molecule has 0 spiro atoms. The second kappa shape index (κ2) is 4.74. The van der Waals surface area contributed by atoms with Gasteiger partial charge in [0, 0.05) is 23.8 Å². The Balaban J connectivity index is 2.00. The number of anilines is 1. The Kier molecular flexibility index (Phi) is 3.33. The second-order valence-electron chi connectivity index (χ2n) is 3.79. The van der Waals surface area contributed by atoms with Crippen LogP contribution in [0.1, 0.15) is 0 Å². The lowest BCUT2D eigenvalue weighted by molar-refractivity contribution is 0.314. The molecule has 0 saturated carbocycles. The molecule has 0 fully saturated rings. The van der Waals surface area contributed by atoms with E-state index in [2.05, 4.69) is 38.0 Å². The Hall–Kier alpha value is -1.23. The minimum atomic E-state index is 0.129. The number of nitrogens with two attached hydrogens (primary N) is 1. The highest BCUT2D eigenvalue weighted by molar-refractivity contribution is 9.10. The van der Waals surface area contributed by atoms with Crippen molar-refractivity contribution >= 4 is 27.6 Å². The summed E-state index contributed by atoms with van der Waals surface area (Å²) in [5.41, 5.74) is 6.61. The summed E-state index contributed by atoms with van der Waals surface area (Å²) in [7, 11) is 2.03. The maximum Gasteiger partial charge on any atom is 0.282 e. The maximum absolute atomic E-state index is 5.47. The first-order chi connectivity index (χ1) is 7.65. The number of benzene rings is 1. The highest BCUT2D eigenvalue weighted by Crippen LogP contribution is 2.19. The minimum absolute atomic E-state index is 0.129. The van der Waals surface area contributed by atoms with Crippen molar-refractivity contribution in [1.29, 1.82) is 0 Å². The van der Waals surface area contributed by atoms with Gasteiger partial charge in [-0.15, -0.1) is 0 Å². The van der Waals surface area contributed by atoms with Crippen LogP contribution in [0.3, 0.4) is 0 Å². The summed E-state index contributed by atoms with van der Waals surface area (Å²) in [4.78, 5) is 6.33. The number of nitrogens with zero attached hydrogens (tertiary/aromatic N) is 2. The van der Waals surface area contributed by atoms with Crippen LogP contribution < -0.4 is 10.6 Å². The zero-order valence-corrected chi connectivity index (χ0v) is 10.6. The molecule has 4 nitrogen and oxygen atoms in total. The molecule has 0 saturated heterocycles. The molecule has 5 heteroatoms. The summed E-state index contributed by atoms with van der Waals surface area (Å²) in [6.45, 7) is 1.38. The average Bonchev–Trinajstić information content (AvgIpc) is 2.64. The molecular formula is C11H14BrN3O. The smallest absolute Gasteiger partial charge is 0.282 e. The molecule has 0 amide bonds. The van der Waals surface area contributed by atoms with Crippen LogP contribution in [-0.2, 0) is 4.74 Å². The second-order valence-corrected chi connectivity index (χ2v) is 4.71. The van der Waals surface area contributed by atoms with Crippen LogP contribution in [0.15, 0.2) is 33.7 Å². The number of likely N-dealkylation sites (N-methyl/N-ethyl adjacent to an activating group) is 1. The first-order valence-electron chi connectivity index (χ1n) is 5.08. The number of aliphatic imine (C=N–C) groups is 1. The molecule has 16 heavy (non-hydrogen) atoms. The van der Waals surface area contributed by atoms with Crippen molar-refractivity contribution in [2.75, 3.05) is 25.1 Å². The fourth-order valence-electron chi connectivity index (χ4n) is 1.66. The Morgan fingerprint density at radius 1 is 1.62 bits per heavy atom. The van der Waals surface area contributed by atoms with Gasteiger partial charge in [0.15, 0.2) is 0 Å². The highest BCUT2D eigenvalue weighted by atomic mass is 79.9. The highest BCUT2D eigenvalue weighted by Gasteiger charge is 2.18. The Morgan fingerprint density at radius 3 is 3.06 bits per heavy atom. The molecule has 86 valence electrons. The van der Waals surface area contributed by atoms with E-state index in [0.717, 1.165) is 16.7 Å². The van der Waals surface area contributed by atoms with E-state index in [1.165, 1.54) is 0 Å². The Labute approximate surface area is 103 Å². The quantitative estimate of drug-likeness (QED) is 0.917. The van der Waals surface area contributed by atoms with Crippen molar-refractivity contribution in [3.8, 4) is 0 Å². The largest absolute Gasteiger partial charge is 0.463 e. The molecular weight excluding hydrogens is 270 g/mol. The van der Waals surface area contributed by atoms with E-state index in [1.54, 1.807) is 0 Å². The molecule has 1 atom stereocenters. The van der Waals surface area contributed by atoms with Gasteiger partial charge in [0.2, 0.25) is 0 Å². The van der Waals surface area contributed by atoms with Crippen molar-refractivity contribution in [3.63, 3.8) is 0 Å². The fourth-order valence-corrected chi connectivity index (χ4v) is 2.05. The normalized spacial score (nSPS) is 19.1. The average molecular weight is 284 g/mol. The van der Waals surface area contributed by atoms with Crippen LogP contribution in [-0.4, -0.2) is 32.3 Å². The third-order valence-corrected chi connectivity index (χ3v) is 2.96. The third-order valence-electron chi connectivity index (χ3n) is 2.47. The molecule has 1 aromatic rings. The van der Waals surface area contributed by atoms with E-state index < -0.39 is 0 Å². The standard InChI is InChI=1S/C11H14BrN3O/c1-15(6-9-7-16-11(13)14-9)10-4-2-3-8(12)5-10/h2-5,9H,6-7H2,1H3,(H2,13,14)/t9-/m0/s1. The summed E-state index contributed by atoms with van der Waals surface area (Å²) in [5.74, 6) is 0. The number of halogens is 1. The van der Waals surface area contributed by atoms with Gasteiger partial charge in [0.05, 0.1) is 0 Å². The first kappa shape index (κ1) is 11.3. The monoisotopic (exact) mass is 283 g/mol. The first-order valence-corrected chi connectivity index (χ1v) is 5.87. The maximum atomic E-state index is 5.47. The molecule has 0 radical (unpaired) electrons. The van der Waals surface area contributed by atoms with Crippen molar-refractivity contribution in [2.45, 2.75) is 6.04 Å². The number of ether oxygens (including phenoxy) is 1. The topological polar surface area (TPSA) is 50.9 Å². The number of hydrogen-bond donors (Lipinski definition) is 1. The molecule has 0 aliphatic carbocycles. The molecule has 0 bridgehead atoms. The summed E-state index contributed by atoms with van der Waals surface area (Å²) >= 11 is 3.45. The number of hydrogen-bond acceptors (Lipinski definition) is 4. The van der Waals surface area contributed by atoms with E-state index in [4.69, 9.17) is 10.5 Å². The number of amidine groups is 1. The lowest BCUT2D eigenvalue weighted by Crippen LogP contribution is -2.28. The van der Waals surface area contributed by atoms with Gasteiger partial charge in [-0.3, -0.25) is 0 Å². The summed E-state index contributed by atoms with van der Waals surface area (Å²) in [6, 6.07) is 8.58. The van der Waals surface area contributed by atoms with Crippen LogP contribution in [0.5, 0.6) is 0 Å². The molecule has 2 N–H and O–H groups in total. The van der Waals surface area contributed by atoms with Gasteiger partial charge in [0.1, 0.15) is 12.6 Å². The molecule has 0 aromatic heterocycles. The van der Waals surface area contributed by atoms with Gasteiger partial charge in [-0.05, 0) is 18.2 Å². The van der Waals surface area contributed by atoms with Crippen molar-refractivity contribution in [1.82, 2.24) is 0 Å². The van der Waals surface area contributed by atoms with Gasteiger partial charge in [-0.25, -0.2) is 4.99 Å². The van der Waals surface area contributed by atoms with Crippen LogP contribution in [0.25, 0.3) is 0 Å². The molecule has 2 rings (SSSR count). The van der Waals surface area contributed by atoms with E-state index in [0.29, 0.717) is 12.6 Å². The van der Waals surface area contributed by atoms with Crippen molar-refractivity contribution in [3.05, 3.63) is 28.7 Å². The van der Waals surface area contributed by atoms with E-state index in [1.807, 2.05) is 19.2 Å². The lowest BCUT2D eigenvalue weighted by Gasteiger charge is -2.21. The van der Waals surface area contributed by atoms with Gasteiger partial charge >= 0.3 is 0 Å². The lowest BCUT2D eigenvalue weighted by atomic mass is 10.2. The van der Waals surface area contributed by atoms with Crippen molar-refractivity contribution in [2.24, 2.45) is 10.7 Å². The van der Waals surface area contributed by atoms with E-state index in [9.17, 15) is 0 Å². The third kappa shape index (κ3) is 2.66. The van der Waals surface area contributed by atoms with Crippen LogP contribution in [0.4, 0.5) is 5.69 Å². The van der Waals surface area contributed by atoms with Crippen molar-refractivity contribution < 1.29 is 4.74 Å². The summed E-state index contributed by atoms with van der Waals surface area (Å²) in [6.07, 6.45) is 0. The van der Waals surface area contributed by atoms with Crippen LogP contribution in [0, 0.1) is 0 Å². The Morgan fingerprint density at radius 2 is 2.44 bits per heavy atom. The fraction of sp³-hybridized carbons (Fsp3) is 0.364. The van der Waals surface area contributed by atoms with Crippen LogP contribution in [0.2, 0.25) is 0 Å². The Bertz CT molecular complexity index is 408. The zero-order chi connectivity index (χ0) is 11.5. The predicted octanol–water partition coefficient (Wildman–Crippen LogP) is 1.60. The van der Waals surface area contributed by atoms with Gasteiger partial charge < -0.3 is 15.4 Å². The van der Waals surface area contributed by atoms with Crippen LogP contribution >= 0.6 is 15.9 Å².